The van der Waals surface area contributed by atoms with Crippen molar-refractivity contribution in [2.45, 2.75) is 13.8 Å². The molecule has 1 aromatic carbocycles. The Balaban J connectivity index is 2.31. The van der Waals surface area contributed by atoms with Gasteiger partial charge in [0.25, 0.3) is 5.91 Å². The molecule has 2 rings (SSSR count). The number of hydrogen-bond acceptors (Lipinski definition) is 4. The molecule has 0 aliphatic heterocycles. The molecule has 21 heavy (non-hydrogen) atoms. The van der Waals surface area contributed by atoms with E-state index in [2.05, 4.69) is 22.1 Å². The second kappa shape index (κ2) is 6.20. The van der Waals surface area contributed by atoms with E-state index in [-0.39, 0.29) is 12.3 Å². The molecule has 0 saturated carbocycles. The Morgan fingerprint density at radius 2 is 2.24 bits per heavy atom. The summed E-state index contributed by atoms with van der Waals surface area (Å²) < 4.78 is 18.5. The van der Waals surface area contributed by atoms with Gasteiger partial charge in [-0.1, -0.05) is 11.8 Å². The van der Waals surface area contributed by atoms with Crippen molar-refractivity contribution in [1.82, 2.24) is 4.98 Å². The van der Waals surface area contributed by atoms with Crippen LogP contribution in [0.2, 0.25) is 0 Å². The maximum absolute atomic E-state index is 13.3. The Kier molecular flexibility index (Phi) is 4.36. The highest BCUT2D eigenvalue weighted by atomic mass is 19.1. The van der Waals surface area contributed by atoms with E-state index in [1.54, 1.807) is 13.8 Å². The van der Waals surface area contributed by atoms with E-state index in [1.807, 2.05) is 0 Å². The molecule has 0 atom stereocenters. The number of rotatable bonds is 2. The van der Waals surface area contributed by atoms with Crippen LogP contribution in [0.4, 0.5) is 10.1 Å². The number of amides is 1. The molecule has 1 amide bonds. The minimum atomic E-state index is -0.462. The maximum atomic E-state index is 13.3. The van der Waals surface area contributed by atoms with Crippen molar-refractivity contribution in [2.24, 2.45) is 5.73 Å². The van der Waals surface area contributed by atoms with Crippen LogP contribution in [0.25, 0.3) is 0 Å². The molecule has 0 saturated heterocycles. The van der Waals surface area contributed by atoms with Crippen LogP contribution in [-0.4, -0.2) is 17.4 Å². The Bertz CT molecular complexity index is 741. The predicted octanol–water partition coefficient (Wildman–Crippen LogP) is 1.99. The predicted molar refractivity (Wildman–Crippen MR) is 76.3 cm³/mol. The first-order valence-electron chi connectivity index (χ1n) is 6.25. The van der Waals surface area contributed by atoms with Gasteiger partial charge in [-0.2, -0.15) is 0 Å². The number of nitrogens with one attached hydrogen (secondary N) is 1. The van der Waals surface area contributed by atoms with Gasteiger partial charge >= 0.3 is 0 Å². The highest BCUT2D eigenvalue weighted by Gasteiger charge is 2.17. The first kappa shape index (κ1) is 14.8. The van der Waals surface area contributed by atoms with Gasteiger partial charge in [0.2, 0.25) is 5.76 Å². The number of nitrogens with zero attached hydrogens (tertiary/aromatic N) is 1. The van der Waals surface area contributed by atoms with E-state index in [4.69, 9.17) is 10.2 Å². The summed E-state index contributed by atoms with van der Waals surface area (Å²) in [6.07, 6.45) is 0. The molecule has 108 valence electrons. The molecular weight excluding hydrogens is 273 g/mol. The molecule has 0 bridgehead atoms. The molecule has 0 unspecified atom stereocenters. The SMILES string of the molecule is Cc1nc(C)c(C(=O)Nc2ccc(F)cc2C#CCN)o1. The second-order valence-corrected chi connectivity index (χ2v) is 4.30. The third-order valence-corrected chi connectivity index (χ3v) is 2.66. The third kappa shape index (κ3) is 3.46. The van der Waals surface area contributed by atoms with Crippen LogP contribution < -0.4 is 11.1 Å². The minimum absolute atomic E-state index is 0.120. The van der Waals surface area contributed by atoms with Gasteiger partial charge in [-0.05, 0) is 25.1 Å². The maximum Gasteiger partial charge on any atom is 0.293 e. The van der Waals surface area contributed by atoms with Crippen molar-refractivity contribution in [3.8, 4) is 11.8 Å². The first-order valence-corrected chi connectivity index (χ1v) is 6.25. The Labute approximate surface area is 121 Å². The lowest BCUT2D eigenvalue weighted by Gasteiger charge is -2.06. The van der Waals surface area contributed by atoms with Crippen molar-refractivity contribution in [2.75, 3.05) is 11.9 Å². The molecular formula is C15H14FN3O2. The van der Waals surface area contributed by atoms with E-state index in [1.165, 1.54) is 18.2 Å². The molecule has 5 nitrogen and oxygen atoms in total. The Hall–Kier alpha value is -2.65. The third-order valence-electron chi connectivity index (χ3n) is 2.66. The number of carbonyl (C=O) groups excluding carboxylic acids is 1. The normalized spacial score (nSPS) is 9.90. The van der Waals surface area contributed by atoms with Gasteiger partial charge < -0.3 is 15.5 Å². The summed E-state index contributed by atoms with van der Waals surface area (Å²) >= 11 is 0. The molecule has 3 N–H and O–H groups in total. The number of benzene rings is 1. The summed E-state index contributed by atoms with van der Waals surface area (Å²) in [6, 6.07) is 3.91. The molecule has 0 radical (unpaired) electrons. The average Bonchev–Trinajstić information content (AvgIpc) is 2.78. The van der Waals surface area contributed by atoms with Gasteiger partial charge in [0.15, 0.2) is 5.89 Å². The summed E-state index contributed by atoms with van der Waals surface area (Å²) in [5, 5.41) is 2.63. The monoisotopic (exact) mass is 287 g/mol. The zero-order valence-corrected chi connectivity index (χ0v) is 11.7. The summed E-state index contributed by atoms with van der Waals surface area (Å²) in [7, 11) is 0. The van der Waals surface area contributed by atoms with Crippen molar-refractivity contribution in [3.63, 3.8) is 0 Å². The second-order valence-electron chi connectivity index (χ2n) is 4.30. The summed E-state index contributed by atoms with van der Waals surface area (Å²) in [5.41, 5.74) is 6.52. The number of aromatic nitrogens is 1. The lowest BCUT2D eigenvalue weighted by molar-refractivity contribution is 0.0994. The lowest BCUT2D eigenvalue weighted by Crippen LogP contribution is -2.13. The van der Waals surface area contributed by atoms with Crippen LogP contribution in [0, 0.1) is 31.5 Å². The Morgan fingerprint density at radius 1 is 1.48 bits per heavy atom. The van der Waals surface area contributed by atoms with Crippen LogP contribution in [0.5, 0.6) is 0 Å². The van der Waals surface area contributed by atoms with Crippen LogP contribution in [0.3, 0.4) is 0 Å². The fraction of sp³-hybridized carbons (Fsp3) is 0.200. The van der Waals surface area contributed by atoms with Crippen LogP contribution in [0.15, 0.2) is 22.6 Å². The van der Waals surface area contributed by atoms with Gasteiger partial charge in [-0.15, -0.1) is 0 Å². The van der Waals surface area contributed by atoms with Crippen LogP contribution in [-0.2, 0) is 0 Å². The van der Waals surface area contributed by atoms with Gasteiger partial charge in [-0.3, -0.25) is 4.79 Å². The fourth-order valence-corrected chi connectivity index (χ4v) is 1.80. The zero-order chi connectivity index (χ0) is 15.4. The quantitative estimate of drug-likeness (QED) is 0.828. The highest BCUT2D eigenvalue weighted by Crippen LogP contribution is 2.18. The summed E-state index contributed by atoms with van der Waals surface area (Å²) in [5.74, 6) is 4.96. The Morgan fingerprint density at radius 3 is 2.86 bits per heavy atom. The topological polar surface area (TPSA) is 81.2 Å². The molecule has 2 aromatic rings. The number of aryl methyl sites for hydroxylation is 2. The van der Waals surface area contributed by atoms with E-state index in [0.29, 0.717) is 22.8 Å². The standard InChI is InChI=1S/C15H14FN3O2/c1-9-14(21-10(2)18-9)15(20)19-13-6-5-12(16)8-11(13)4-3-7-17/h5-6,8H,7,17H2,1-2H3,(H,19,20). The molecule has 0 fully saturated rings. The number of nitrogens with two attached hydrogens (primary N) is 1. The number of anilines is 1. The zero-order valence-electron chi connectivity index (χ0n) is 11.7. The van der Waals surface area contributed by atoms with E-state index >= 15 is 0 Å². The van der Waals surface area contributed by atoms with E-state index < -0.39 is 11.7 Å². The molecule has 6 heteroatoms. The van der Waals surface area contributed by atoms with Gasteiger partial charge in [0.1, 0.15) is 5.82 Å². The molecule has 0 aliphatic rings. The molecule has 0 spiro atoms. The largest absolute Gasteiger partial charge is 0.436 e. The molecule has 1 heterocycles. The van der Waals surface area contributed by atoms with Crippen molar-refractivity contribution in [1.29, 1.82) is 0 Å². The smallest absolute Gasteiger partial charge is 0.293 e. The number of hydrogen-bond donors (Lipinski definition) is 2. The van der Waals surface area contributed by atoms with Crippen molar-refractivity contribution in [3.05, 3.63) is 46.9 Å². The summed E-state index contributed by atoms with van der Waals surface area (Å²) in [4.78, 5) is 16.2. The molecule has 0 aliphatic carbocycles. The fourth-order valence-electron chi connectivity index (χ4n) is 1.80. The summed E-state index contributed by atoms with van der Waals surface area (Å²) in [6.45, 7) is 3.47. The number of carbonyl (C=O) groups is 1. The minimum Gasteiger partial charge on any atom is -0.436 e. The lowest BCUT2D eigenvalue weighted by atomic mass is 10.1. The van der Waals surface area contributed by atoms with E-state index in [9.17, 15) is 9.18 Å². The number of oxazole rings is 1. The van der Waals surface area contributed by atoms with Crippen molar-refractivity contribution < 1.29 is 13.6 Å². The van der Waals surface area contributed by atoms with Gasteiger partial charge in [0.05, 0.1) is 23.5 Å². The first-order chi connectivity index (χ1) is 10.0. The highest BCUT2D eigenvalue weighted by molar-refractivity contribution is 6.03. The van der Waals surface area contributed by atoms with Crippen molar-refractivity contribution >= 4 is 11.6 Å². The van der Waals surface area contributed by atoms with Gasteiger partial charge in [-0.25, -0.2) is 9.37 Å². The van der Waals surface area contributed by atoms with Crippen LogP contribution >= 0.6 is 0 Å². The van der Waals surface area contributed by atoms with E-state index in [0.717, 1.165) is 0 Å². The van der Waals surface area contributed by atoms with Gasteiger partial charge in [0, 0.05) is 6.92 Å². The van der Waals surface area contributed by atoms with Crippen LogP contribution in [0.1, 0.15) is 27.7 Å². The number of halogens is 1. The molecule has 1 aromatic heterocycles. The average molecular weight is 287 g/mol.